The molecular formula is C22H28N2O3. The molecule has 2 N–H and O–H groups in total. The number of aryl methyl sites for hydroxylation is 1. The Labute approximate surface area is 161 Å². The van der Waals surface area contributed by atoms with Crippen LogP contribution in [0.1, 0.15) is 31.4 Å². The highest BCUT2D eigenvalue weighted by Gasteiger charge is 2.43. The standard InChI is InChI=1S/C22H28N2O3/c1-16-7-5-6-8-19(16)22(26)13-14-24(15-22)20(25)21(2,3)23-17-9-11-18(27-4)12-10-17/h5-12,23,26H,13-15H2,1-4H3. The number of hydrogen-bond donors (Lipinski definition) is 2. The Morgan fingerprint density at radius 1 is 1.19 bits per heavy atom. The molecule has 5 nitrogen and oxygen atoms in total. The van der Waals surface area contributed by atoms with Crippen LogP contribution in [0.15, 0.2) is 48.5 Å². The normalized spacial score (nSPS) is 19.8. The first kappa shape index (κ1) is 19.2. The van der Waals surface area contributed by atoms with E-state index in [1.54, 1.807) is 12.0 Å². The molecule has 0 bridgehead atoms. The van der Waals surface area contributed by atoms with Crippen LogP contribution in [0.2, 0.25) is 0 Å². The van der Waals surface area contributed by atoms with Gasteiger partial charge in [0.25, 0.3) is 0 Å². The smallest absolute Gasteiger partial charge is 0.247 e. The summed E-state index contributed by atoms with van der Waals surface area (Å²) in [6.45, 7) is 6.57. The van der Waals surface area contributed by atoms with E-state index in [1.165, 1.54) is 0 Å². The zero-order valence-corrected chi connectivity index (χ0v) is 16.5. The molecule has 5 heteroatoms. The second-order valence-electron chi connectivity index (χ2n) is 7.80. The number of β-amino-alcohol motifs (C(OH)–C–C–N with tert-alkyl or cyclic N) is 1. The van der Waals surface area contributed by atoms with Gasteiger partial charge in [0.05, 0.1) is 13.7 Å². The van der Waals surface area contributed by atoms with Gasteiger partial charge in [-0.3, -0.25) is 4.79 Å². The first-order valence-electron chi connectivity index (χ1n) is 9.25. The van der Waals surface area contributed by atoms with Gasteiger partial charge in [-0.05, 0) is 62.6 Å². The Morgan fingerprint density at radius 2 is 1.85 bits per heavy atom. The number of carbonyl (C=O) groups excluding carboxylic acids is 1. The Kier molecular flexibility index (Phi) is 5.16. The first-order chi connectivity index (χ1) is 12.7. The number of likely N-dealkylation sites (tertiary alicyclic amines) is 1. The Bertz CT molecular complexity index is 817. The maximum atomic E-state index is 13.1. The van der Waals surface area contributed by atoms with Crippen molar-refractivity contribution >= 4 is 11.6 Å². The van der Waals surface area contributed by atoms with Gasteiger partial charge in [-0.15, -0.1) is 0 Å². The SMILES string of the molecule is COc1ccc(NC(C)(C)C(=O)N2CCC(O)(c3ccccc3C)C2)cc1. The number of nitrogens with one attached hydrogen (secondary N) is 1. The molecule has 1 aliphatic rings. The van der Waals surface area contributed by atoms with Gasteiger partial charge >= 0.3 is 0 Å². The fourth-order valence-corrected chi connectivity index (χ4v) is 3.77. The van der Waals surface area contributed by atoms with Crippen LogP contribution in [-0.2, 0) is 10.4 Å². The summed E-state index contributed by atoms with van der Waals surface area (Å²) < 4.78 is 5.17. The van der Waals surface area contributed by atoms with Gasteiger partial charge in [0.2, 0.25) is 5.91 Å². The molecule has 1 amide bonds. The lowest BCUT2D eigenvalue weighted by Crippen LogP contribution is -2.50. The number of methoxy groups -OCH3 is 1. The van der Waals surface area contributed by atoms with Crippen molar-refractivity contribution in [1.29, 1.82) is 0 Å². The molecule has 1 fully saturated rings. The predicted molar refractivity (Wildman–Crippen MR) is 107 cm³/mol. The van der Waals surface area contributed by atoms with E-state index in [2.05, 4.69) is 5.32 Å². The van der Waals surface area contributed by atoms with Crippen LogP contribution < -0.4 is 10.1 Å². The Balaban J connectivity index is 1.72. The van der Waals surface area contributed by atoms with E-state index in [0.29, 0.717) is 19.5 Å². The van der Waals surface area contributed by atoms with Crippen LogP contribution in [0.5, 0.6) is 5.75 Å². The van der Waals surface area contributed by atoms with Gasteiger partial charge in [0, 0.05) is 12.2 Å². The molecule has 0 spiro atoms. The van der Waals surface area contributed by atoms with E-state index in [-0.39, 0.29) is 5.91 Å². The summed E-state index contributed by atoms with van der Waals surface area (Å²) in [6.07, 6.45) is 0.544. The van der Waals surface area contributed by atoms with Crippen molar-refractivity contribution in [3.8, 4) is 5.75 Å². The summed E-state index contributed by atoms with van der Waals surface area (Å²) in [5, 5.41) is 14.4. The second-order valence-corrected chi connectivity index (χ2v) is 7.80. The number of anilines is 1. The van der Waals surface area contributed by atoms with E-state index in [4.69, 9.17) is 4.74 Å². The third-order valence-electron chi connectivity index (χ3n) is 5.26. The van der Waals surface area contributed by atoms with Crippen LogP contribution in [0.3, 0.4) is 0 Å². The molecule has 0 saturated carbocycles. The number of rotatable bonds is 5. The third-order valence-corrected chi connectivity index (χ3v) is 5.26. The fraction of sp³-hybridized carbons (Fsp3) is 0.409. The number of benzene rings is 2. The topological polar surface area (TPSA) is 61.8 Å². The van der Waals surface area contributed by atoms with Crippen LogP contribution in [0.25, 0.3) is 0 Å². The summed E-state index contributed by atoms with van der Waals surface area (Å²) in [5.74, 6) is 0.746. The Hall–Kier alpha value is -2.53. The van der Waals surface area contributed by atoms with Crippen molar-refractivity contribution in [2.75, 3.05) is 25.5 Å². The molecule has 1 unspecified atom stereocenters. The number of carbonyl (C=O) groups is 1. The van der Waals surface area contributed by atoms with Gasteiger partial charge in [-0.25, -0.2) is 0 Å². The van der Waals surface area contributed by atoms with Crippen molar-refractivity contribution in [1.82, 2.24) is 4.90 Å². The highest BCUT2D eigenvalue weighted by molar-refractivity contribution is 5.89. The van der Waals surface area contributed by atoms with Crippen LogP contribution in [0.4, 0.5) is 5.69 Å². The van der Waals surface area contributed by atoms with Gasteiger partial charge in [-0.2, -0.15) is 0 Å². The average Bonchev–Trinajstić information content (AvgIpc) is 3.05. The predicted octanol–water partition coefficient (Wildman–Crippen LogP) is 3.31. The molecule has 1 atom stereocenters. The third kappa shape index (κ3) is 3.93. The maximum absolute atomic E-state index is 13.1. The van der Waals surface area contributed by atoms with Gasteiger partial charge in [0.1, 0.15) is 16.9 Å². The maximum Gasteiger partial charge on any atom is 0.247 e. The molecule has 0 aliphatic carbocycles. The molecule has 0 aromatic heterocycles. The largest absolute Gasteiger partial charge is 0.497 e. The molecule has 2 aromatic carbocycles. The van der Waals surface area contributed by atoms with Crippen molar-refractivity contribution < 1.29 is 14.6 Å². The van der Waals surface area contributed by atoms with E-state index >= 15 is 0 Å². The van der Waals surface area contributed by atoms with E-state index in [9.17, 15) is 9.90 Å². The lowest BCUT2D eigenvalue weighted by atomic mass is 9.89. The summed E-state index contributed by atoms with van der Waals surface area (Å²) >= 11 is 0. The first-order valence-corrected chi connectivity index (χ1v) is 9.25. The van der Waals surface area contributed by atoms with Gasteiger partial charge < -0.3 is 20.1 Å². The number of hydrogen-bond acceptors (Lipinski definition) is 4. The second kappa shape index (κ2) is 7.24. The highest BCUT2D eigenvalue weighted by Crippen LogP contribution is 2.35. The van der Waals surface area contributed by atoms with E-state index < -0.39 is 11.1 Å². The summed E-state index contributed by atoms with van der Waals surface area (Å²) in [4.78, 5) is 14.9. The number of aliphatic hydroxyl groups is 1. The molecule has 2 aromatic rings. The van der Waals surface area contributed by atoms with Crippen LogP contribution in [-0.4, -0.2) is 41.7 Å². The van der Waals surface area contributed by atoms with Gasteiger partial charge in [-0.1, -0.05) is 24.3 Å². The minimum Gasteiger partial charge on any atom is -0.497 e. The zero-order valence-electron chi connectivity index (χ0n) is 16.5. The average molecular weight is 368 g/mol. The minimum absolute atomic E-state index is 0.0252. The van der Waals surface area contributed by atoms with Crippen molar-refractivity contribution in [3.63, 3.8) is 0 Å². The van der Waals surface area contributed by atoms with Crippen LogP contribution in [0, 0.1) is 6.92 Å². The number of amides is 1. The van der Waals surface area contributed by atoms with Crippen molar-refractivity contribution in [2.45, 2.75) is 38.3 Å². The zero-order chi connectivity index (χ0) is 19.7. The number of nitrogens with zero attached hydrogens (tertiary/aromatic N) is 1. The lowest BCUT2D eigenvalue weighted by molar-refractivity contribution is -0.135. The molecule has 1 saturated heterocycles. The summed E-state index contributed by atoms with van der Waals surface area (Å²) in [7, 11) is 1.62. The summed E-state index contributed by atoms with van der Waals surface area (Å²) in [5.41, 5.74) is 1.02. The lowest BCUT2D eigenvalue weighted by Gasteiger charge is -2.32. The van der Waals surface area contributed by atoms with Gasteiger partial charge in [0.15, 0.2) is 0 Å². The Morgan fingerprint density at radius 3 is 2.48 bits per heavy atom. The molecular weight excluding hydrogens is 340 g/mol. The molecule has 1 heterocycles. The molecule has 27 heavy (non-hydrogen) atoms. The van der Waals surface area contributed by atoms with E-state index in [1.807, 2.05) is 69.3 Å². The molecule has 1 aliphatic heterocycles. The van der Waals surface area contributed by atoms with Crippen molar-refractivity contribution in [3.05, 3.63) is 59.7 Å². The molecule has 3 rings (SSSR count). The van der Waals surface area contributed by atoms with E-state index in [0.717, 1.165) is 22.6 Å². The fourth-order valence-electron chi connectivity index (χ4n) is 3.77. The van der Waals surface area contributed by atoms with Crippen LogP contribution >= 0.6 is 0 Å². The number of ether oxygens (including phenoxy) is 1. The van der Waals surface area contributed by atoms with Crippen molar-refractivity contribution in [2.24, 2.45) is 0 Å². The molecule has 0 radical (unpaired) electrons. The minimum atomic E-state index is -0.989. The summed E-state index contributed by atoms with van der Waals surface area (Å²) in [6, 6.07) is 15.3. The molecule has 144 valence electrons. The quantitative estimate of drug-likeness (QED) is 0.850. The highest BCUT2D eigenvalue weighted by atomic mass is 16.5. The monoisotopic (exact) mass is 368 g/mol.